The third-order valence-corrected chi connectivity index (χ3v) is 4.12. The van der Waals surface area contributed by atoms with Gasteiger partial charge in [-0.3, -0.25) is 4.90 Å². The summed E-state index contributed by atoms with van der Waals surface area (Å²) in [5.74, 6) is -0.896. The maximum Gasteiger partial charge on any atom is 0.338 e. The molecule has 122 valence electrons. The molecular weight excluding hydrogens is 299 g/mol. The standard InChI is InChI=1S/C17H19FN2O3/c1-3-23-16(21)14-10(2)20(13-7-8-13)17(22)19-15(14)11-5-4-6-12(18)9-11/h4-6,9,13,15H,3,7-8H2,1-2H3,(H,19,22)/t15-/m1/s1. The Morgan fingerprint density at radius 2 is 2.17 bits per heavy atom. The van der Waals surface area contributed by atoms with Crippen LogP contribution in [-0.4, -0.2) is 29.5 Å². The molecule has 0 saturated heterocycles. The second-order valence-electron chi connectivity index (χ2n) is 5.76. The van der Waals surface area contributed by atoms with Crippen molar-refractivity contribution in [2.24, 2.45) is 0 Å². The van der Waals surface area contributed by atoms with Crippen LogP contribution >= 0.6 is 0 Å². The molecule has 1 aromatic carbocycles. The van der Waals surface area contributed by atoms with Crippen LogP contribution in [0.5, 0.6) is 0 Å². The highest BCUT2D eigenvalue weighted by Crippen LogP contribution is 2.37. The quantitative estimate of drug-likeness (QED) is 0.869. The molecule has 0 aromatic heterocycles. The summed E-state index contributed by atoms with van der Waals surface area (Å²) in [5, 5.41) is 2.81. The van der Waals surface area contributed by atoms with Gasteiger partial charge in [-0.2, -0.15) is 0 Å². The lowest BCUT2D eigenvalue weighted by molar-refractivity contribution is -0.139. The van der Waals surface area contributed by atoms with E-state index in [1.807, 2.05) is 0 Å². The van der Waals surface area contributed by atoms with Gasteiger partial charge in [0.2, 0.25) is 0 Å². The second kappa shape index (κ2) is 6.02. The van der Waals surface area contributed by atoms with Gasteiger partial charge in [-0.25, -0.2) is 14.0 Å². The van der Waals surface area contributed by atoms with Crippen LogP contribution in [-0.2, 0) is 9.53 Å². The molecular formula is C17H19FN2O3. The molecule has 6 heteroatoms. The number of hydrogen-bond donors (Lipinski definition) is 1. The summed E-state index contributed by atoms with van der Waals surface area (Å²) >= 11 is 0. The number of halogens is 1. The van der Waals surface area contributed by atoms with Gasteiger partial charge in [-0.1, -0.05) is 12.1 Å². The summed E-state index contributed by atoms with van der Waals surface area (Å²) in [4.78, 5) is 26.4. The van der Waals surface area contributed by atoms with Crippen molar-refractivity contribution in [3.8, 4) is 0 Å². The molecule has 1 heterocycles. The summed E-state index contributed by atoms with van der Waals surface area (Å²) < 4.78 is 18.7. The van der Waals surface area contributed by atoms with E-state index in [-0.39, 0.29) is 18.7 Å². The first kappa shape index (κ1) is 15.5. The number of esters is 1. The minimum Gasteiger partial charge on any atom is -0.463 e. The molecule has 2 amide bonds. The highest BCUT2D eigenvalue weighted by molar-refractivity contribution is 5.95. The smallest absolute Gasteiger partial charge is 0.338 e. The van der Waals surface area contributed by atoms with E-state index >= 15 is 0 Å². The van der Waals surface area contributed by atoms with Gasteiger partial charge in [0.05, 0.1) is 18.2 Å². The molecule has 1 saturated carbocycles. The number of nitrogens with one attached hydrogen (secondary N) is 1. The summed E-state index contributed by atoms with van der Waals surface area (Å²) in [7, 11) is 0. The number of urea groups is 1. The Hall–Kier alpha value is -2.37. The number of nitrogens with zero attached hydrogens (tertiary/aromatic N) is 1. The summed E-state index contributed by atoms with van der Waals surface area (Å²) in [6, 6.07) is 5.07. The fourth-order valence-corrected chi connectivity index (χ4v) is 2.94. The predicted octanol–water partition coefficient (Wildman–Crippen LogP) is 2.89. The Morgan fingerprint density at radius 3 is 2.78 bits per heavy atom. The molecule has 2 aliphatic rings. The van der Waals surface area contributed by atoms with Gasteiger partial charge in [0.25, 0.3) is 0 Å². The maximum atomic E-state index is 13.6. The van der Waals surface area contributed by atoms with E-state index in [0.29, 0.717) is 16.8 Å². The van der Waals surface area contributed by atoms with E-state index in [2.05, 4.69) is 5.32 Å². The average molecular weight is 318 g/mol. The minimum absolute atomic E-state index is 0.132. The van der Waals surface area contributed by atoms with Crippen LogP contribution < -0.4 is 5.32 Å². The van der Waals surface area contributed by atoms with Crippen molar-refractivity contribution in [3.05, 3.63) is 46.9 Å². The first-order valence-corrected chi connectivity index (χ1v) is 7.76. The van der Waals surface area contributed by atoms with Crippen molar-refractivity contribution in [2.45, 2.75) is 38.8 Å². The lowest BCUT2D eigenvalue weighted by Gasteiger charge is -2.35. The van der Waals surface area contributed by atoms with Gasteiger partial charge in [0.1, 0.15) is 5.82 Å². The van der Waals surface area contributed by atoms with Crippen LogP contribution in [0.1, 0.15) is 38.3 Å². The lowest BCUT2D eigenvalue weighted by atomic mass is 9.94. The lowest BCUT2D eigenvalue weighted by Crippen LogP contribution is -2.48. The number of hydrogen-bond acceptors (Lipinski definition) is 3. The summed E-state index contributed by atoms with van der Waals surface area (Å²) in [6.45, 7) is 3.71. The molecule has 1 aromatic rings. The zero-order chi connectivity index (χ0) is 16.6. The Kier molecular flexibility index (Phi) is 4.07. The summed E-state index contributed by atoms with van der Waals surface area (Å²) in [5.41, 5.74) is 1.48. The van der Waals surface area contributed by atoms with Crippen molar-refractivity contribution in [3.63, 3.8) is 0 Å². The molecule has 23 heavy (non-hydrogen) atoms. The number of carbonyl (C=O) groups excluding carboxylic acids is 2. The third kappa shape index (κ3) is 2.93. The number of ether oxygens (including phenoxy) is 1. The van der Waals surface area contributed by atoms with E-state index < -0.39 is 17.8 Å². The Bertz CT molecular complexity index is 682. The Morgan fingerprint density at radius 1 is 1.43 bits per heavy atom. The number of amides is 2. The average Bonchev–Trinajstić information content (AvgIpc) is 3.31. The Balaban J connectivity index is 2.06. The minimum atomic E-state index is -0.702. The van der Waals surface area contributed by atoms with Crippen LogP contribution in [0.25, 0.3) is 0 Å². The zero-order valence-corrected chi connectivity index (χ0v) is 13.1. The van der Waals surface area contributed by atoms with Gasteiger partial charge < -0.3 is 10.1 Å². The zero-order valence-electron chi connectivity index (χ0n) is 13.1. The van der Waals surface area contributed by atoms with Gasteiger partial charge in [-0.05, 0) is 44.4 Å². The van der Waals surface area contributed by atoms with E-state index in [4.69, 9.17) is 4.74 Å². The van der Waals surface area contributed by atoms with Gasteiger partial charge in [-0.15, -0.1) is 0 Å². The topological polar surface area (TPSA) is 58.6 Å². The van der Waals surface area contributed by atoms with E-state index in [0.717, 1.165) is 12.8 Å². The van der Waals surface area contributed by atoms with Crippen LogP contribution in [0.4, 0.5) is 9.18 Å². The molecule has 0 spiro atoms. The molecule has 3 rings (SSSR count). The second-order valence-corrected chi connectivity index (χ2v) is 5.76. The highest BCUT2D eigenvalue weighted by Gasteiger charge is 2.42. The van der Waals surface area contributed by atoms with Gasteiger partial charge >= 0.3 is 12.0 Å². The number of rotatable bonds is 4. The highest BCUT2D eigenvalue weighted by atomic mass is 19.1. The normalized spacial score (nSPS) is 21.3. The number of carbonyl (C=O) groups is 2. The number of benzene rings is 1. The summed E-state index contributed by atoms with van der Waals surface area (Å²) in [6.07, 6.45) is 1.84. The molecule has 1 N–H and O–H groups in total. The van der Waals surface area contributed by atoms with E-state index in [9.17, 15) is 14.0 Å². The molecule has 1 aliphatic heterocycles. The first-order chi connectivity index (χ1) is 11.0. The predicted molar refractivity (Wildman–Crippen MR) is 81.9 cm³/mol. The van der Waals surface area contributed by atoms with Crippen molar-refractivity contribution >= 4 is 12.0 Å². The SMILES string of the molecule is CCOC(=O)C1=C(C)N(C2CC2)C(=O)N[C@@H]1c1cccc(F)c1. The van der Waals surface area contributed by atoms with Crippen molar-refractivity contribution < 1.29 is 18.7 Å². The molecule has 1 atom stereocenters. The van der Waals surface area contributed by atoms with Crippen LogP contribution in [0, 0.1) is 5.82 Å². The first-order valence-electron chi connectivity index (χ1n) is 7.76. The van der Waals surface area contributed by atoms with Crippen molar-refractivity contribution in [1.82, 2.24) is 10.2 Å². The third-order valence-electron chi connectivity index (χ3n) is 4.12. The fraction of sp³-hybridized carbons (Fsp3) is 0.412. The number of allylic oxidation sites excluding steroid dienone is 1. The van der Waals surface area contributed by atoms with Crippen LogP contribution in [0.2, 0.25) is 0 Å². The van der Waals surface area contributed by atoms with Crippen LogP contribution in [0.3, 0.4) is 0 Å². The van der Waals surface area contributed by atoms with E-state index in [1.54, 1.807) is 30.9 Å². The Labute approximate surface area is 134 Å². The van der Waals surface area contributed by atoms with Gasteiger partial charge in [0.15, 0.2) is 0 Å². The van der Waals surface area contributed by atoms with Crippen molar-refractivity contribution in [2.75, 3.05) is 6.61 Å². The molecule has 1 aliphatic carbocycles. The molecule has 0 radical (unpaired) electrons. The van der Waals surface area contributed by atoms with Gasteiger partial charge in [0, 0.05) is 11.7 Å². The monoisotopic (exact) mass is 318 g/mol. The molecule has 5 nitrogen and oxygen atoms in total. The van der Waals surface area contributed by atoms with E-state index in [1.165, 1.54) is 12.1 Å². The maximum absolute atomic E-state index is 13.6. The molecule has 0 bridgehead atoms. The fourth-order valence-electron chi connectivity index (χ4n) is 2.94. The molecule has 1 fully saturated rings. The largest absolute Gasteiger partial charge is 0.463 e. The van der Waals surface area contributed by atoms with Crippen molar-refractivity contribution in [1.29, 1.82) is 0 Å². The molecule has 0 unspecified atom stereocenters. The van der Waals surface area contributed by atoms with Crippen LogP contribution in [0.15, 0.2) is 35.5 Å².